The maximum absolute atomic E-state index is 13.7. The molecule has 2 rings (SSSR count). The number of aryl methyl sites for hydroxylation is 1. The number of carbonyl (C=O) groups is 1. The molecule has 0 saturated heterocycles. The molecule has 1 aromatic carbocycles. The highest BCUT2D eigenvalue weighted by atomic mass is 19.1. The van der Waals surface area contributed by atoms with E-state index in [9.17, 15) is 9.18 Å². The third-order valence-corrected chi connectivity index (χ3v) is 2.89. The first-order valence-corrected chi connectivity index (χ1v) is 5.38. The number of halogens is 1. The maximum atomic E-state index is 13.7. The second-order valence-electron chi connectivity index (χ2n) is 3.89. The molecule has 4 heteroatoms. The summed E-state index contributed by atoms with van der Waals surface area (Å²) in [5, 5.41) is 8.77. The van der Waals surface area contributed by atoms with Crippen molar-refractivity contribution in [2.24, 2.45) is 0 Å². The predicted octanol–water partition coefficient (Wildman–Crippen LogP) is 2.45. The number of carboxylic acids is 1. The highest BCUT2D eigenvalue weighted by Crippen LogP contribution is 2.36. The van der Waals surface area contributed by atoms with E-state index in [0.29, 0.717) is 17.7 Å². The number of aliphatic carboxylic acids is 1. The SMILES string of the molecule is COc1cccc2c1C(C(F)C(=O)O)=CCC2. The molecule has 3 nitrogen and oxygen atoms in total. The zero-order chi connectivity index (χ0) is 12.4. The van der Waals surface area contributed by atoms with E-state index in [0.717, 1.165) is 12.0 Å². The molecule has 0 aliphatic heterocycles. The summed E-state index contributed by atoms with van der Waals surface area (Å²) < 4.78 is 18.9. The Labute approximate surface area is 98.5 Å². The largest absolute Gasteiger partial charge is 0.496 e. The molecule has 0 fully saturated rings. The number of ether oxygens (including phenoxy) is 1. The van der Waals surface area contributed by atoms with Gasteiger partial charge in [-0.25, -0.2) is 9.18 Å². The molecule has 1 aromatic rings. The normalized spacial score (nSPS) is 15.8. The molecule has 0 spiro atoms. The zero-order valence-electron chi connectivity index (χ0n) is 9.44. The Morgan fingerprint density at radius 1 is 1.53 bits per heavy atom. The quantitative estimate of drug-likeness (QED) is 0.876. The Hall–Kier alpha value is -1.84. The van der Waals surface area contributed by atoms with E-state index < -0.39 is 12.1 Å². The van der Waals surface area contributed by atoms with Crippen molar-refractivity contribution < 1.29 is 19.0 Å². The number of carboxylic acid groups (broad SMARTS) is 1. The van der Waals surface area contributed by atoms with Gasteiger partial charge in [-0.05, 0) is 24.5 Å². The summed E-state index contributed by atoms with van der Waals surface area (Å²) in [6.45, 7) is 0. The van der Waals surface area contributed by atoms with Crippen molar-refractivity contribution in [1.29, 1.82) is 0 Å². The van der Waals surface area contributed by atoms with Crippen LogP contribution in [0.3, 0.4) is 0 Å². The molecule has 1 N–H and O–H groups in total. The second kappa shape index (κ2) is 4.57. The fourth-order valence-corrected chi connectivity index (χ4v) is 2.13. The number of alkyl halides is 1. The molecule has 0 heterocycles. The summed E-state index contributed by atoms with van der Waals surface area (Å²) in [7, 11) is 1.50. The number of rotatable bonds is 3. The van der Waals surface area contributed by atoms with Crippen LogP contribution >= 0.6 is 0 Å². The Kier molecular flexibility index (Phi) is 3.13. The van der Waals surface area contributed by atoms with Gasteiger partial charge in [-0.2, -0.15) is 0 Å². The smallest absolute Gasteiger partial charge is 0.343 e. The lowest BCUT2D eigenvalue weighted by atomic mass is 9.87. The standard InChI is InChI=1S/C13H13FO3/c1-17-10-7-3-5-8-4-2-6-9(11(8)10)12(14)13(15)16/h3,5-7,12H,2,4H2,1H3,(H,15,16). The first-order valence-electron chi connectivity index (χ1n) is 5.38. The number of benzene rings is 1. The second-order valence-corrected chi connectivity index (χ2v) is 3.89. The first-order chi connectivity index (χ1) is 8.15. The molecule has 1 atom stereocenters. The third-order valence-electron chi connectivity index (χ3n) is 2.89. The summed E-state index contributed by atoms with van der Waals surface area (Å²) >= 11 is 0. The van der Waals surface area contributed by atoms with Crippen molar-refractivity contribution in [3.8, 4) is 5.75 Å². The topological polar surface area (TPSA) is 46.5 Å². The van der Waals surface area contributed by atoms with Crippen LogP contribution in [0.25, 0.3) is 5.57 Å². The van der Waals surface area contributed by atoms with Gasteiger partial charge < -0.3 is 9.84 Å². The van der Waals surface area contributed by atoms with Crippen LogP contribution in [0.1, 0.15) is 17.5 Å². The predicted molar refractivity (Wildman–Crippen MR) is 61.8 cm³/mol. The summed E-state index contributed by atoms with van der Waals surface area (Å²) in [5.74, 6) is -0.938. The van der Waals surface area contributed by atoms with Crippen molar-refractivity contribution in [1.82, 2.24) is 0 Å². The molecular formula is C13H13FO3. The molecular weight excluding hydrogens is 223 g/mol. The molecule has 1 unspecified atom stereocenters. The molecule has 0 bridgehead atoms. The summed E-state index contributed by atoms with van der Waals surface area (Å²) in [6, 6.07) is 5.42. The van der Waals surface area contributed by atoms with Gasteiger partial charge >= 0.3 is 5.97 Å². The van der Waals surface area contributed by atoms with Crippen LogP contribution in [-0.2, 0) is 11.2 Å². The zero-order valence-corrected chi connectivity index (χ0v) is 9.44. The number of fused-ring (bicyclic) bond motifs is 1. The fourth-order valence-electron chi connectivity index (χ4n) is 2.13. The molecule has 17 heavy (non-hydrogen) atoms. The number of allylic oxidation sites excluding steroid dienone is 1. The lowest BCUT2D eigenvalue weighted by Crippen LogP contribution is -2.19. The monoisotopic (exact) mass is 236 g/mol. The Morgan fingerprint density at radius 2 is 2.29 bits per heavy atom. The van der Waals surface area contributed by atoms with Crippen molar-refractivity contribution in [3.05, 3.63) is 35.4 Å². The van der Waals surface area contributed by atoms with E-state index in [1.807, 2.05) is 12.1 Å². The van der Waals surface area contributed by atoms with Gasteiger partial charge in [0, 0.05) is 11.1 Å². The van der Waals surface area contributed by atoms with Crippen molar-refractivity contribution in [2.75, 3.05) is 7.11 Å². The van der Waals surface area contributed by atoms with Crippen LogP contribution < -0.4 is 4.74 Å². The maximum Gasteiger partial charge on any atom is 0.343 e. The molecule has 0 amide bonds. The van der Waals surface area contributed by atoms with Gasteiger partial charge in [-0.1, -0.05) is 18.2 Å². The molecule has 1 aliphatic carbocycles. The minimum absolute atomic E-state index is 0.205. The molecule has 1 aliphatic rings. The van der Waals surface area contributed by atoms with E-state index in [4.69, 9.17) is 9.84 Å². The molecule has 0 saturated carbocycles. The average Bonchev–Trinajstić information content (AvgIpc) is 2.36. The number of hydrogen-bond acceptors (Lipinski definition) is 2. The minimum Gasteiger partial charge on any atom is -0.496 e. The van der Waals surface area contributed by atoms with Crippen LogP contribution in [0.4, 0.5) is 4.39 Å². The fraction of sp³-hybridized carbons (Fsp3) is 0.308. The van der Waals surface area contributed by atoms with Crippen LogP contribution in [0, 0.1) is 0 Å². The highest BCUT2D eigenvalue weighted by molar-refractivity contribution is 5.92. The van der Waals surface area contributed by atoms with Gasteiger partial charge in [0.2, 0.25) is 6.17 Å². The number of hydrogen-bond donors (Lipinski definition) is 1. The van der Waals surface area contributed by atoms with Crippen molar-refractivity contribution in [2.45, 2.75) is 19.0 Å². The summed E-state index contributed by atoms with van der Waals surface area (Å²) in [5.41, 5.74) is 1.73. The lowest BCUT2D eigenvalue weighted by molar-refractivity contribution is -0.140. The highest BCUT2D eigenvalue weighted by Gasteiger charge is 2.28. The van der Waals surface area contributed by atoms with Crippen LogP contribution in [0.5, 0.6) is 5.75 Å². The average molecular weight is 236 g/mol. The van der Waals surface area contributed by atoms with Gasteiger partial charge in [-0.3, -0.25) is 0 Å². The molecule has 90 valence electrons. The Balaban J connectivity index is 2.53. The van der Waals surface area contributed by atoms with Gasteiger partial charge in [0.15, 0.2) is 0 Å². The van der Waals surface area contributed by atoms with Gasteiger partial charge in [-0.15, -0.1) is 0 Å². The molecule has 0 radical (unpaired) electrons. The Bertz CT molecular complexity index is 480. The van der Waals surface area contributed by atoms with E-state index >= 15 is 0 Å². The summed E-state index contributed by atoms with van der Waals surface area (Å²) in [4.78, 5) is 10.8. The summed E-state index contributed by atoms with van der Waals surface area (Å²) in [6.07, 6.45) is 1.08. The van der Waals surface area contributed by atoms with Crippen LogP contribution in [0.2, 0.25) is 0 Å². The minimum atomic E-state index is -2.00. The number of methoxy groups -OCH3 is 1. The van der Waals surface area contributed by atoms with E-state index in [2.05, 4.69) is 0 Å². The van der Waals surface area contributed by atoms with Gasteiger partial charge in [0.25, 0.3) is 0 Å². The van der Waals surface area contributed by atoms with Crippen molar-refractivity contribution in [3.63, 3.8) is 0 Å². The third kappa shape index (κ3) is 2.02. The van der Waals surface area contributed by atoms with E-state index in [1.165, 1.54) is 7.11 Å². The van der Waals surface area contributed by atoms with E-state index in [-0.39, 0.29) is 5.57 Å². The van der Waals surface area contributed by atoms with Gasteiger partial charge in [0.05, 0.1) is 7.11 Å². The van der Waals surface area contributed by atoms with Crippen LogP contribution in [-0.4, -0.2) is 24.4 Å². The van der Waals surface area contributed by atoms with Crippen LogP contribution in [0.15, 0.2) is 24.3 Å². The van der Waals surface area contributed by atoms with Crippen molar-refractivity contribution >= 4 is 11.5 Å². The molecule has 0 aromatic heterocycles. The lowest BCUT2D eigenvalue weighted by Gasteiger charge is -2.21. The van der Waals surface area contributed by atoms with E-state index in [1.54, 1.807) is 12.1 Å². The van der Waals surface area contributed by atoms with Gasteiger partial charge in [0.1, 0.15) is 5.75 Å². The Morgan fingerprint density at radius 3 is 2.94 bits per heavy atom. The first kappa shape index (κ1) is 11.6.